The molecule has 0 aromatic carbocycles. The molecule has 5 nitrogen and oxygen atoms in total. The molecule has 0 fully saturated rings. The molecular weight excluding hydrogens is 216 g/mol. The quantitative estimate of drug-likeness (QED) is 0.378. The van der Waals surface area contributed by atoms with Crippen LogP contribution in [0.5, 0.6) is 0 Å². The van der Waals surface area contributed by atoms with Crippen molar-refractivity contribution in [1.29, 1.82) is 0 Å². The van der Waals surface area contributed by atoms with Crippen LogP contribution in [0.15, 0.2) is 4.40 Å². The lowest BCUT2D eigenvalue weighted by Gasteiger charge is -2.31. The first-order valence-electron chi connectivity index (χ1n) is 5.26. The minimum atomic E-state index is -3.73. The van der Waals surface area contributed by atoms with Gasteiger partial charge in [-0.3, -0.25) is 0 Å². The normalized spacial score (nSPS) is 14.3. The zero-order chi connectivity index (χ0) is 12.1. The highest BCUT2D eigenvalue weighted by Gasteiger charge is 2.36. The van der Waals surface area contributed by atoms with Gasteiger partial charge >= 0.3 is 10.2 Å². The van der Waals surface area contributed by atoms with Gasteiger partial charge in [-0.15, -0.1) is 4.40 Å². The lowest BCUT2D eigenvalue weighted by molar-refractivity contribution is -0.800. The Labute approximate surface area is 92.2 Å². The zero-order valence-corrected chi connectivity index (χ0v) is 10.7. The second-order valence-electron chi connectivity index (χ2n) is 3.29. The van der Waals surface area contributed by atoms with Gasteiger partial charge in [0.05, 0.1) is 19.6 Å². The lowest BCUT2D eigenvalue weighted by Crippen LogP contribution is -2.51. The van der Waals surface area contributed by atoms with Crippen LogP contribution in [0.3, 0.4) is 0 Å². The topological polar surface area (TPSA) is 69.6 Å². The highest BCUT2D eigenvalue weighted by atomic mass is 32.2. The Morgan fingerprint density at radius 3 is 1.80 bits per heavy atom. The number of quaternary nitrogens is 1. The molecule has 0 saturated heterocycles. The number of nitrogens with zero attached hydrogens (tertiary/aromatic N) is 2. The van der Waals surface area contributed by atoms with Gasteiger partial charge in [0.1, 0.15) is 0 Å². The van der Waals surface area contributed by atoms with Crippen LogP contribution < -0.4 is 5.11 Å². The van der Waals surface area contributed by atoms with E-state index in [0.29, 0.717) is 19.6 Å². The molecule has 0 aliphatic carbocycles. The summed E-state index contributed by atoms with van der Waals surface area (Å²) in [6.07, 6.45) is 0.121. The maximum Gasteiger partial charge on any atom is 0.413 e. The summed E-state index contributed by atoms with van der Waals surface area (Å²) in [5.41, 5.74) is 0. The highest BCUT2D eigenvalue weighted by molar-refractivity contribution is 7.84. The van der Waals surface area contributed by atoms with E-state index in [1.54, 1.807) is 27.7 Å². The highest BCUT2D eigenvalue weighted by Crippen LogP contribution is 2.16. The largest absolute Gasteiger partial charge is 0.861 e. The van der Waals surface area contributed by atoms with Crippen molar-refractivity contribution < 1.29 is 17.4 Å². The molecule has 0 aromatic heterocycles. The van der Waals surface area contributed by atoms with Crippen LogP contribution in [0.25, 0.3) is 0 Å². The van der Waals surface area contributed by atoms with Crippen LogP contribution in [0, 0.1) is 0 Å². The Morgan fingerprint density at radius 1 is 1.13 bits per heavy atom. The summed E-state index contributed by atoms with van der Waals surface area (Å²) in [7, 11) is -3.73. The number of hydrogen-bond acceptors (Lipinski definition) is 3. The fourth-order valence-electron chi connectivity index (χ4n) is 1.44. The van der Waals surface area contributed by atoms with Crippen LogP contribution >= 0.6 is 0 Å². The average Bonchev–Trinajstić information content (AvgIpc) is 2.20. The molecule has 0 atom stereocenters. The van der Waals surface area contributed by atoms with Crippen LogP contribution in [0.4, 0.5) is 0 Å². The monoisotopic (exact) mass is 236 g/mol. The van der Waals surface area contributed by atoms with Crippen LogP contribution in [-0.2, 0) is 10.2 Å². The number of rotatable bonds is 6. The van der Waals surface area contributed by atoms with Crippen molar-refractivity contribution in [1.82, 2.24) is 0 Å². The van der Waals surface area contributed by atoms with Gasteiger partial charge < -0.3 is 5.11 Å². The molecule has 6 heteroatoms. The average molecular weight is 236 g/mol. The van der Waals surface area contributed by atoms with E-state index in [-0.39, 0.29) is 10.3 Å². The Hall–Kier alpha value is -0.620. The SMILES string of the molecule is CC/C([O-])=N/S(=O)(=O)[N+](CC)(CC)CC. The summed E-state index contributed by atoms with van der Waals surface area (Å²) >= 11 is 0. The second kappa shape index (κ2) is 5.46. The second-order valence-corrected chi connectivity index (χ2v) is 5.15. The predicted molar refractivity (Wildman–Crippen MR) is 58.5 cm³/mol. The van der Waals surface area contributed by atoms with Gasteiger partial charge in [-0.2, -0.15) is 12.3 Å². The van der Waals surface area contributed by atoms with Gasteiger partial charge in [-0.25, -0.2) is 0 Å². The first-order valence-corrected chi connectivity index (χ1v) is 6.65. The van der Waals surface area contributed by atoms with E-state index in [4.69, 9.17) is 0 Å². The molecule has 90 valence electrons. The van der Waals surface area contributed by atoms with Gasteiger partial charge in [0, 0.05) is 0 Å². The minimum absolute atomic E-state index is 0.121. The molecule has 0 N–H and O–H groups in total. The molecule has 0 amide bonds. The fraction of sp³-hybridized carbons (Fsp3) is 0.889. The first kappa shape index (κ1) is 14.4. The molecule has 0 radical (unpaired) electrons. The van der Waals surface area contributed by atoms with Gasteiger partial charge in [-0.1, -0.05) is 6.92 Å². The molecule has 0 aliphatic rings. The molecule has 0 spiro atoms. The Balaban J connectivity index is 5.33. The van der Waals surface area contributed by atoms with Crippen molar-refractivity contribution in [3.63, 3.8) is 0 Å². The smallest absolute Gasteiger partial charge is 0.413 e. The Bertz CT molecular complexity index is 310. The van der Waals surface area contributed by atoms with Crippen LogP contribution in [0.2, 0.25) is 0 Å². The van der Waals surface area contributed by atoms with E-state index in [1.807, 2.05) is 0 Å². The van der Waals surface area contributed by atoms with E-state index in [2.05, 4.69) is 4.40 Å². The van der Waals surface area contributed by atoms with Crippen molar-refractivity contribution >= 4 is 16.1 Å². The van der Waals surface area contributed by atoms with Gasteiger partial charge in [-0.05, 0) is 33.1 Å². The summed E-state index contributed by atoms with van der Waals surface area (Å²) in [6.45, 7) is 8.24. The van der Waals surface area contributed by atoms with Crippen molar-refractivity contribution in [2.75, 3.05) is 19.6 Å². The number of hydrogen-bond donors (Lipinski definition) is 0. The molecular formula is C9H20N2O3S. The van der Waals surface area contributed by atoms with E-state index in [0.717, 1.165) is 0 Å². The molecule has 0 rings (SSSR count). The Morgan fingerprint density at radius 2 is 1.53 bits per heavy atom. The van der Waals surface area contributed by atoms with Crippen LogP contribution in [-0.4, -0.2) is 37.8 Å². The summed E-state index contributed by atoms with van der Waals surface area (Å²) in [5.74, 6) is -0.576. The minimum Gasteiger partial charge on any atom is -0.861 e. The standard InChI is InChI=1S/C9H20N2O3S/c1-5-9(12)10-15(13,14)11(6-2,7-3)8-4/h5-8H2,1-4H3. The molecule has 15 heavy (non-hydrogen) atoms. The van der Waals surface area contributed by atoms with Crippen molar-refractivity contribution in [2.24, 2.45) is 4.40 Å². The molecule has 0 saturated carbocycles. The van der Waals surface area contributed by atoms with E-state index in [9.17, 15) is 13.5 Å². The van der Waals surface area contributed by atoms with E-state index in [1.165, 1.54) is 0 Å². The van der Waals surface area contributed by atoms with Crippen LogP contribution in [0.1, 0.15) is 34.1 Å². The maximum atomic E-state index is 11.9. The van der Waals surface area contributed by atoms with E-state index >= 15 is 0 Å². The van der Waals surface area contributed by atoms with Gasteiger partial charge in [0.25, 0.3) is 0 Å². The van der Waals surface area contributed by atoms with Gasteiger partial charge in [0.15, 0.2) is 0 Å². The maximum absolute atomic E-state index is 11.9. The Kier molecular flexibility index (Phi) is 5.23. The first-order chi connectivity index (χ1) is 6.89. The summed E-state index contributed by atoms with van der Waals surface area (Å²) in [5, 5.41) is 11.1. The molecule has 0 unspecified atom stereocenters. The zero-order valence-electron chi connectivity index (χ0n) is 9.86. The van der Waals surface area contributed by atoms with Gasteiger partial charge in [0.2, 0.25) is 0 Å². The fourth-order valence-corrected chi connectivity index (χ4v) is 2.98. The summed E-state index contributed by atoms with van der Waals surface area (Å²) in [4.78, 5) is 0. The predicted octanol–water partition coefficient (Wildman–Crippen LogP) is 0.276. The molecule has 0 bridgehead atoms. The van der Waals surface area contributed by atoms with Crippen molar-refractivity contribution in [3.8, 4) is 0 Å². The summed E-state index contributed by atoms with van der Waals surface area (Å²) in [6, 6.07) is 0. The third kappa shape index (κ3) is 2.92. The summed E-state index contributed by atoms with van der Waals surface area (Å²) < 4.78 is 27.0. The van der Waals surface area contributed by atoms with E-state index < -0.39 is 16.1 Å². The molecule has 0 aromatic rings. The lowest BCUT2D eigenvalue weighted by atomic mass is 10.5. The van der Waals surface area contributed by atoms with Crippen molar-refractivity contribution in [2.45, 2.75) is 34.1 Å². The van der Waals surface area contributed by atoms with Crippen molar-refractivity contribution in [3.05, 3.63) is 0 Å². The molecule has 0 aliphatic heterocycles. The third-order valence-electron chi connectivity index (χ3n) is 2.74. The molecule has 0 heterocycles. The third-order valence-corrected chi connectivity index (χ3v) is 4.93.